The van der Waals surface area contributed by atoms with Crippen LogP contribution in [0, 0.1) is 20.8 Å². The van der Waals surface area contributed by atoms with Crippen LogP contribution in [-0.4, -0.2) is 25.7 Å². The molecule has 2 aromatic carbocycles. The third-order valence-electron chi connectivity index (χ3n) is 5.09. The van der Waals surface area contributed by atoms with E-state index in [-0.39, 0.29) is 11.6 Å². The van der Waals surface area contributed by atoms with E-state index in [0.717, 1.165) is 22.3 Å². The van der Waals surface area contributed by atoms with Crippen LogP contribution in [0.4, 0.5) is 0 Å². The Hall–Kier alpha value is -3.39. The maximum absolute atomic E-state index is 13.0. The molecule has 2 aromatic heterocycles. The first-order chi connectivity index (χ1) is 14.8. The highest BCUT2D eigenvalue weighted by Gasteiger charge is 2.22. The largest absolute Gasteiger partial charge is 0.497 e. The highest BCUT2D eigenvalue weighted by Crippen LogP contribution is 2.28. The lowest BCUT2D eigenvalue weighted by Crippen LogP contribution is -2.07. The van der Waals surface area contributed by atoms with Gasteiger partial charge >= 0.3 is 0 Å². The van der Waals surface area contributed by atoms with Crippen LogP contribution in [0.15, 0.2) is 62.4 Å². The van der Waals surface area contributed by atoms with E-state index in [0.29, 0.717) is 28.0 Å². The van der Waals surface area contributed by atoms with Crippen molar-refractivity contribution in [2.75, 3.05) is 7.11 Å². The van der Waals surface area contributed by atoms with Crippen LogP contribution in [0.25, 0.3) is 23.0 Å². The molecule has 0 amide bonds. The first kappa shape index (κ1) is 20.9. The minimum Gasteiger partial charge on any atom is -0.497 e. The van der Waals surface area contributed by atoms with Gasteiger partial charge in [-0.15, -0.1) is 0 Å². The fourth-order valence-corrected chi connectivity index (χ4v) is 4.90. The molecule has 160 valence electrons. The van der Waals surface area contributed by atoms with E-state index in [1.165, 1.54) is 0 Å². The number of hydrogen-bond acceptors (Lipinski definition) is 7. The molecular weight excluding hydrogens is 416 g/mol. The number of aryl methyl sites for hydroxylation is 3. The number of hydrogen-bond donors (Lipinski definition) is 0. The first-order valence-corrected chi connectivity index (χ1v) is 11.3. The molecule has 0 aliphatic carbocycles. The van der Waals surface area contributed by atoms with E-state index in [1.54, 1.807) is 38.3 Å². The Morgan fingerprint density at radius 2 is 1.74 bits per heavy atom. The van der Waals surface area contributed by atoms with Gasteiger partial charge in [0, 0.05) is 5.56 Å². The monoisotopic (exact) mass is 438 g/mol. The van der Waals surface area contributed by atoms with Gasteiger partial charge in [0.05, 0.1) is 12.0 Å². The molecular formula is C23H22N2O5S. The van der Waals surface area contributed by atoms with Gasteiger partial charge in [-0.2, -0.15) is 4.98 Å². The second-order valence-electron chi connectivity index (χ2n) is 7.38. The van der Waals surface area contributed by atoms with E-state index in [1.807, 2.05) is 38.1 Å². The Morgan fingerprint density at radius 3 is 2.52 bits per heavy atom. The Balaban J connectivity index is 1.58. The summed E-state index contributed by atoms with van der Waals surface area (Å²) in [5.41, 5.74) is 3.43. The van der Waals surface area contributed by atoms with Crippen LogP contribution in [0.3, 0.4) is 0 Å². The summed E-state index contributed by atoms with van der Waals surface area (Å²) >= 11 is 0. The summed E-state index contributed by atoms with van der Waals surface area (Å²) in [7, 11) is -1.99. The summed E-state index contributed by atoms with van der Waals surface area (Å²) in [5.74, 6) is 1.58. The van der Waals surface area contributed by atoms with Gasteiger partial charge in [0.15, 0.2) is 15.6 Å². The molecule has 0 aliphatic rings. The van der Waals surface area contributed by atoms with E-state index in [4.69, 9.17) is 13.7 Å². The summed E-state index contributed by atoms with van der Waals surface area (Å²) in [6.07, 6.45) is 0. The highest BCUT2D eigenvalue weighted by molar-refractivity contribution is 7.90. The molecule has 0 unspecified atom stereocenters. The van der Waals surface area contributed by atoms with Crippen molar-refractivity contribution in [2.45, 2.75) is 31.4 Å². The summed E-state index contributed by atoms with van der Waals surface area (Å²) in [6, 6.07) is 14.1. The molecule has 4 rings (SSSR count). The molecule has 0 aliphatic heterocycles. The maximum atomic E-state index is 13.0. The summed E-state index contributed by atoms with van der Waals surface area (Å²) in [6.45, 7) is 5.65. The Morgan fingerprint density at radius 1 is 0.968 bits per heavy atom. The van der Waals surface area contributed by atoms with Crippen molar-refractivity contribution >= 4 is 9.84 Å². The number of methoxy groups -OCH3 is 1. The van der Waals surface area contributed by atoms with Gasteiger partial charge in [-0.1, -0.05) is 23.4 Å². The summed E-state index contributed by atoms with van der Waals surface area (Å²) < 4.78 is 42.2. The lowest BCUT2D eigenvalue weighted by atomic mass is 10.1. The lowest BCUT2D eigenvalue weighted by Gasteiger charge is -2.10. The van der Waals surface area contributed by atoms with Crippen molar-refractivity contribution in [2.24, 2.45) is 0 Å². The number of aromatic nitrogens is 2. The van der Waals surface area contributed by atoms with Gasteiger partial charge in [-0.05, 0) is 67.8 Å². The molecule has 0 atom stereocenters. The topological polar surface area (TPSA) is 95.4 Å². The second-order valence-corrected chi connectivity index (χ2v) is 9.34. The van der Waals surface area contributed by atoms with Crippen LogP contribution >= 0.6 is 0 Å². The van der Waals surface area contributed by atoms with Crippen molar-refractivity contribution in [1.82, 2.24) is 10.1 Å². The lowest BCUT2D eigenvalue weighted by molar-refractivity contribution is 0.412. The zero-order valence-corrected chi connectivity index (χ0v) is 18.5. The molecule has 4 aromatic rings. The smallest absolute Gasteiger partial charge is 0.293 e. The zero-order chi connectivity index (χ0) is 22.2. The number of rotatable bonds is 6. The maximum Gasteiger partial charge on any atom is 0.293 e. The normalized spacial score (nSPS) is 11.6. The summed E-state index contributed by atoms with van der Waals surface area (Å²) in [4.78, 5) is 4.66. The number of sulfone groups is 1. The van der Waals surface area contributed by atoms with Crippen LogP contribution in [0.1, 0.15) is 22.5 Å². The highest BCUT2D eigenvalue weighted by atomic mass is 32.2. The van der Waals surface area contributed by atoms with Gasteiger partial charge in [0.2, 0.25) is 5.82 Å². The van der Waals surface area contributed by atoms with Crippen LogP contribution in [0.2, 0.25) is 0 Å². The van der Waals surface area contributed by atoms with E-state index >= 15 is 0 Å². The van der Waals surface area contributed by atoms with Crippen molar-refractivity contribution in [3.63, 3.8) is 0 Å². The minimum atomic E-state index is -3.57. The van der Waals surface area contributed by atoms with Crippen molar-refractivity contribution in [3.8, 4) is 28.8 Å². The van der Waals surface area contributed by atoms with Gasteiger partial charge in [0.1, 0.15) is 17.3 Å². The van der Waals surface area contributed by atoms with Gasteiger partial charge in [0.25, 0.3) is 5.89 Å². The van der Waals surface area contributed by atoms with Gasteiger partial charge in [-0.25, -0.2) is 8.42 Å². The number of furan rings is 1. The number of ether oxygens (including phenoxy) is 1. The van der Waals surface area contributed by atoms with Crippen LogP contribution < -0.4 is 4.74 Å². The van der Waals surface area contributed by atoms with Gasteiger partial charge in [-0.3, -0.25) is 0 Å². The molecule has 0 spiro atoms. The molecule has 0 saturated heterocycles. The number of benzene rings is 2. The molecule has 0 fully saturated rings. The van der Waals surface area contributed by atoms with Crippen LogP contribution in [0.5, 0.6) is 5.75 Å². The second kappa shape index (κ2) is 8.03. The summed E-state index contributed by atoms with van der Waals surface area (Å²) in [5, 5.41) is 3.98. The van der Waals surface area contributed by atoms with E-state index in [9.17, 15) is 8.42 Å². The van der Waals surface area contributed by atoms with Crippen molar-refractivity contribution in [3.05, 3.63) is 71.0 Å². The van der Waals surface area contributed by atoms with E-state index in [2.05, 4.69) is 10.1 Å². The molecule has 31 heavy (non-hydrogen) atoms. The molecule has 0 saturated carbocycles. The van der Waals surface area contributed by atoms with E-state index < -0.39 is 9.84 Å². The quantitative estimate of drug-likeness (QED) is 0.422. The number of nitrogens with zero attached hydrogens (tertiary/aromatic N) is 2. The fourth-order valence-electron chi connectivity index (χ4n) is 3.31. The molecule has 0 N–H and O–H groups in total. The van der Waals surface area contributed by atoms with Gasteiger partial charge < -0.3 is 13.7 Å². The standard InChI is InChI=1S/C23H22N2O5S/c1-14-10-16(3)21(11-15(14)2)31(26,27)13-19-8-9-20(29-19)23-24-22(25-30-23)17-6-5-7-18(12-17)28-4/h5-12H,13H2,1-4H3. The predicted molar refractivity (Wildman–Crippen MR) is 116 cm³/mol. The average Bonchev–Trinajstić information content (AvgIpc) is 3.40. The molecule has 7 nitrogen and oxygen atoms in total. The first-order valence-electron chi connectivity index (χ1n) is 9.64. The Kier molecular flexibility index (Phi) is 5.41. The third kappa shape index (κ3) is 4.25. The van der Waals surface area contributed by atoms with Crippen LogP contribution in [-0.2, 0) is 15.6 Å². The minimum absolute atomic E-state index is 0.170. The molecule has 0 radical (unpaired) electrons. The molecule has 0 bridgehead atoms. The fraction of sp³-hybridized carbons (Fsp3) is 0.217. The third-order valence-corrected chi connectivity index (χ3v) is 6.86. The Labute approximate surface area is 180 Å². The van der Waals surface area contributed by atoms with Crippen molar-refractivity contribution < 1.29 is 22.1 Å². The SMILES string of the molecule is COc1cccc(-c2noc(-c3ccc(CS(=O)(=O)c4cc(C)c(C)cc4C)o3)n2)c1. The predicted octanol–water partition coefficient (Wildman–Crippen LogP) is 4.90. The Bertz CT molecular complexity index is 1350. The zero-order valence-electron chi connectivity index (χ0n) is 17.7. The van der Waals surface area contributed by atoms with Crippen molar-refractivity contribution in [1.29, 1.82) is 0 Å². The molecule has 8 heteroatoms. The average molecular weight is 439 g/mol. The molecule has 2 heterocycles.